The molecule has 1 aromatic carbocycles. The van der Waals surface area contributed by atoms with Crippen LogP contribution in [0.15, 0.2) is 48.8 Å². The van der Waals surface area contributed by atoms with Gasteiger partial charge in [-0.2, -0.15) is 0 Å². The van der Waals surface area contributed by atoms with Crippen LogP contribution in [0.2, 0.25) is 0 Å². The lowest BCUT2D eigenvalue weighted by atomic mass is 10.1. The monoisotopic (exact) mass is 355 g/mol. The first-order valence-corrected chi connectivity index (χ1v) is 8.37. The van der Waals surface area contributed by atoms with Gasteiger partial charge in [-0.1, -0.05) is 12.5 Å². The maximum absolute atomic E-state index is 12.2. The Balaban J connectivity index is 1.83. The molecule has 2 amide bonds. The van der Waals surface area contributed by atoms with Crippen molar-refractivity contribution >= 4 is 23.5 Å². The molecule has 0 saturated heterocycles. The fraction of sp³-hybridized carbons (Fsp3) is 0.263. The lowest BCUT2D eigenvalue weighted by Crippen LogP contribution is -2.24. The number of aromatic nitrogens is 1. The summed E-state index contributed by atoms with van der Waals surface area (Å²) < 4.78 is 0. The van der Waals surface area contributed by atoms with Crippen molar-refractivity contribution in [3.05, 3.63) is 59.9 Å². The summed E-state index contributed by atoms with van der Waals surface area (Å²) >= 11 is 0. The number of pyridine rings is 1. The van der Waals surface area contributed by atoms with Crippen molar-refractivity contribution in [1.29, 1.82) is 0 Å². The molecule has 0 aliphatic carbocycles. The van der Waals surface area contributed by atoms with Crippen molar-refractivity contribution in [2.75, 3.05) is 11.9 Å². The van der Waals surface area contributed by atoms with Gasteiger partial charge in [0.05, 0.1) is 5.56 Å². The van der Waals surface area contributed by atoms with E-state index in [-0.39, 0.29) is 18.2 Å². The van der Waals surface area contributed by atoms with E-state index in [2.05, 4.69) is 15.6 Å². The average molecular weight is 355 g/mol. The molecule has 0 saturated carbocycles. The van der Waals surface area contributed by atoms with Crippen molar-refractivity contribution in [3.63, 3.8) is 0 Å². The summed E-state index contributed by atoms with van der Waals surface area (Å²) in [4.78, 5) is 38.6. The number of rotatable bonds is 9. The van der Waals surface area contributed by atoms with Crippen LogP contribution in [0.4, 0.5) is 5.69 Å². The largest absolute Gasteiger partial charge is 0.481 e. The van der Waals surface area contributed by atoms with Crippen molar-refractivity contribution in [3.8, 4) is 0 Å². The molecule has 26 heavy (non-hydrogen) atoms. The van der Waals surface area contributed by atoms with Gasteiger partial charge < -0.3 is 15.7 Å². The highest BCUT2D eigenvalue weighted by atomic mass is 16.4. The number of unbranched alkanes of at least 4 members (excludes halogenated alkanes) is 2. The number of hydrogen-bond donors (Lipinski definition) is 3. The minimum atomic E-state index is -0.806. The predicted octanol–water partition coefficient (Wildman–Crippen LogP) is 2.71. The van der Waals surface area contributed by atoms with E-state index in [0.717, 1.165) is 12.8 Å². The lowest BCUT2D eigenvalue weighted by Gasteiger charge is -2.08. The van der Waals surface area contributed by atoms with Gasteiger partial charge in [0.15, 0.2) is 0 Å². The van der Waals surface area contributed by atoms with E-state index in [1.165, 1.54) is 6.20 Å². The van der Waals surface area contributed by atoms with Crippen LogP contribution in [0.25, 0.3) is 0 Å². The molecular formula is C19H21N3O4. The Kier molecular flexibility index (Phi) is 7.30. The van der Waals surface area contributed by atoms with E-state index < -0.39 is 5.97 Å². The van der Waals surface area contributed by atoms with Gasteiger partial charge >= 0.3 is 5.97 Å². The van der Waals surface area contributed by atoms with Crippen LogP contribution >= 0.6 is 0 Å². The molecule has 0 bridgehead atoms. The second-order valence-corrected chi connectivity index (χ2v) is 5.74. The molecule has 0 unspecified atom stereocenters. The molecule has 1 heterocycles. The van der Waals surface area contributed by atoms with Crippen molar-refractivity contribution in [2.24, 2.45) is 0 Å². The molecule has 3 N–H and O–H groups in total. The second kappa shape index (κ2) is 9.93. The van der Waals surface area contributed by atoms with Gasteiger partial charge in [0, 0.05) is 36.6 Å². The van der Waals surface area contributed by atoms with Gasteiger partial charge in [-0.25, -0.2) is 0 Å². The fourth-order valence-corrected chi connectivity index (χ4v) is 2.32. The molecule has 2 rings (SSSR count). The van der Waals surface area contributed by atoms with E-state index >= 15 is 0 Å². The highest BCUT2D eigenvalue weighted by molar-refractivity contribution is 6.04. The molecule has 0 spiro atoms. The summed E-state index contributed by atoms with van der Waals surface area (Å²) in [6.45, 7) is 0.477. The lowest BCUT2D eigenvalue weighted by molar-refractivity contribution is -0.137. The third-order valence-corrected chi connectivity index (χ3v) is 3.66. The molecule has 0 aliphatic heterocycles. The third kappa shape index (κ3) is 6.35. The van der Waals surface area contributed by atoms with Crippen LogP contribution in [0.5, 0.6) is 0 Å². The van der Waals surface area contributed by atoms with E-state index in [9.17, 15) is 14.4 Å². The van der Waals surface area contributed by atoms with E-state index in [1.807, 2.05) is 0 Å². The van der Waals surface area contributed by atoms with E-state index in [4.69, 9.17) is 5.11 Å². The highest BCUT2D eigenvalue weighted by Crippen LogP contribution is 2.12. The summed E-state index contributed by atoms with van der Waals surface area (Å²) in [5, 5.41) is 14.1. The number of carbonyl (C=O) groups excluding carboxylic acids is 2. The second-order valence-electron chi connectivity index (χ2n) is 5.74. The molecule has 0 radical (unpaired) electrons. The molecule has 136 valence electrons. The Morgan fingerprint density at radius 1 is 0.962 bits per heavy atom. The third-order valence-electron chi connectivity index (χ3n) is 3.66. The van der Waals surface area contributed by atoms with Gasteiger partial charge in [0.1, 0.15) is 0 Å². The molecule has 2 aromatic rings. The summed E-state index contributed by atoms with van der Waals surface area (Å²) in [5.41, 5.74) is 1.40. The summed E-state index contributed by atoms with van der Waals surface area (Å²) in [5.74, 6) is -1.34. The van der Waals surface area contributed by atoms with Gasteiger partial charge in [-0.05, 0) is 43.2 Å². The summed E-state index contributed by atoms with van der Waals surface area (Å²) in [6.07, 6.45) is 5.26. The molecule has 0 fully saturated rings. The number of carboxylic acid groups (broad SMARTS) is 1. The van der Waals surface area contributed by atoms with Crippen LogP contribution in [0.3, 0.4) is 0 Å². The molecule has 7 nitrogen and oxygen atoms in total. The van der Waals surface area contributed by atoms with Crippen LogP contribution in [-0.4, -0.2) is 34.4 Å². The van der Waals surface area contributed by atoms with Gasteiger partial charge in [0.25, 0.3) is 11.8 Å². The first kappa shape index (κ1) is 19.1. The minimum absolute atomic E-state index is 0.145. The number of nitrogens with zero attached hydrogens (tertiary/aromatic N) is 1. The molecular weight excluding hydrogens is 334 g/mol. The van der Waals surface area contributed by atoms with Crippen LogP contribution in [0, 0.1) is 0 Å². The number of carbonyl (C=O) groups is 3. The quantitative estimate of drug-likeness (QED) is 0.599. The number of aliphatic carboxylic acids is 1. The first-order chi connectivity index (χ1) is 12.6. The van der Waals surface area contributed by atoms with Crippen molar-refractivity contribution in [2.45, 2.75) is 25.7 Å². The Labute approximate surface area is 151 Å². The standard InChI is InChI=1S/C19H21N3O4/c23-17(24)9-2-1-3-11-21-18(25)14-6-4-8-16(12-14)22-19(26)15-7-5-10-20-13-15/h4-8,10,12-13H,1-3,9,11H2,(H,21,25)(H,22,26)(H,23,24). The first-order valence-electron chi connectivity index (χ1n) is 8.37. The molecule has 1 aromatic heterocycles. The fourth-order valence-electron chi connectivity index (χ4n) is 2.32. The van der Waals surface area contributed by atoms with Gasteiger partial charge in [0.2, 0.25) is 0 Å². The van der Waals surface area contributed by atoms with Crippen molar-refractivity contribution in [1.82, 2.24) is 10.3 Å². The maximum Gasteiger partial charge on any atom is 0.303 e. The summed E-state index contributed by atoms with van der Waals surface area (Å²) in [7, 11) is 0. The van der Waals surface area contributed by atoms with Crippen LogP contribution in [-0.2, 0) is 4.79 Å². The average Bonchev–Trinajstić information content (AvgIpc) is 2.65. The Morgan fingerprint density at radius 2 is 1.77 bits per heavy atom. The Morgan fingerprint density at radius 3 is 2.50 bits per heavy atom. The smallest absolute Gasteiger partial charge is 0.303 e. The number of amides is 2. The zero-order chi connectivity index (χ0) is 18.8. The highest BCUT2D eigenvalue weighted by Gasteiger charge is 2.09. The van der Waals surface area contributed by atoms with Crippen LogP contribution < -0.4 is 10.6 Å². The number of anilines is 1. The van der Waals surface area contributed by atoms with Gasteiger partial charge in [-0.15, -0.1) is 0 Å². The Bertz CT molecular complexity index is 762. The molecule has 0 aliphatic rings. The number of nitrogens with one attached hydrogen (secondary N) is 2. The maximum atomic E-state index is 12.2. The predicted molar refractivity (Wildman–Crippen MR) is 97.1 cm³/mol. The van der Waals surface area contributed by atoms with E-state index in [1.54, 1.807) is 42.6 Å². The number of benzene rings is 1. The number of carboxylic acids is 1. The van der Waals surface area contributed by atoms with Gasteiger partial charge in [-0.3, -0.25) is 19.4 Å². The van der Waals surface area contributed by atoms with E-state index in [0.29, 0.717) is 29.8 Å². The van der Waals surface area contributed by atoms with Crippen LogP contribution in [0.1, 0.15) is 46.4 Å². The normalized spacial score (nSPS) is 10.2. The number of hydrogen-bond acceptors (Lipinski definition) is 4. The van der Waals surface area contributed by atoms with Crippen molar-refractivity contribution < 1.29 is 19.5 Å². The molecule has 7 heteroatoms. The molecule has 0 atom stereocenters. The SMILES string of the molecule is O=C(O)CCCCCNC(=O)c1cccc(NC(=O)c2cccnc2)c1. The summed E-state index contributed by atoms with van der Waals surface area (Å²) in [6, 6.07) is 10.0. The topological polar surface area (TPSA) is 108 Å². The zero-order valence-electron chi connectivity index (χ0n) is 14.3. The Hall–Kier alpha value is -3.22. The zero-order valence-corrected chi connectivity index (χ0v) is 14.3. The minimum Gasteiger partial charge on any atom is -0.481 e.